The number of hydrogen-bond donors (Lipinski definition) is 0. The first-order chi connectivity index (χ1) is 5.41. The van der Waals surface area contributed by atoms with Crippen LogP contribution in [0.25, 0.3) is 0 Å². The van der Waals surface area contributed by atoms with Gasteiger partial charge in [0.25, 0.3) is 0 Å². The van der Waals surface area contributed by atoms with Gasteiger partial charge in [-0.2, -0.15) is 0 Å². The molecule has 0 unspecified atom stereocenters. The van der Waals surface area contributed by atoms with Crippen molar-refractivity contribution in [3.63, 3.8) is 0 Å². The smallest absolute Gasteiger partial charge is 1.00 e. The molecule has 0 amide bonds. The largest absolute Gasteiger partial charge is 1.00 e. The minimum atomic E-state index is 0. The molecule has 0 atom stereocenters. The molecule has 0 aliphatic heterocycles. The normalized spacial score (nSPS) is 8.77. The molecule has 0 spiro atoms. The van der Waals surface area contributed by atoms with Gasteiger partial charge in [-0.3, -0.25) is 0 Å². The molecule has 0 aromatic rings. The Morgan fingerprint density at radius 1 is 0.769 bits per heavy atom. The first-order valence-electron chi connectivity index (χ1n) is 4.99. The van der Waals surface area contributed by atoms with Crippen LogP contribution in [0, 0.1) is 0 Å². The van der Waals surface area contributed by atoms with Crippen LogP contribution >= 0.6 is 0 Å². The number of ether oxygens (including phenoxy) is 1. The van der Waals surface area contributed by atoms with Crippen molar-refractivity contribution in [3.8, 4) is 0 Å². The van der Waals surface area contributed by atoms with Gasteiger partial charge in [-0.05, 0) is 12.8 Å². The van der Waals surface area contributed by atoms with E-state index >= 15 is 0 Å². The van der Waals surface area contributed by atoms with Gasteiger partial charge in [-0.1, -0.05) is 39.5 Å². The molecule has 0 fully saturated rings. The Bertz CT molecular complexity index is 70.4. The van der Waals surface area contributed by atoms with E-state index < -0.39 is 0 Å². The zero-order valence-corrected chi connectivity index (χ0v) is 14.1. The Morgan fingerprint density at radius 2 is 1.15 bits per heavy atom. The second-order valence-corrected chi connectivity index (χ2v) is 3.03. The molecule has 0 aromatic carbocycles. The van der Waals surface area contributed by atoms with Crippen LogP contribution in [0.15, 0.2) is 0 Å². The topological polar surface area (TPSA) is 9.23 Å². The van der Waals surface area contributed by atoms with Crippen LogP contribution in [-0.2, 0) is 4.74 Å². The molecule has 0 aliphatic rings. The van der Waals surface area contributed by atoms with E-state index in [2.05, 4.69) is 13.8 Å². The molecule has 72 valence electrons. The second kappa shape index (κ2) is 19.5. The first kappa shape index (κ1) is 20.4. The molecular formula is C10H24Na2O. The van der Waals surface area contributed by atoms with Gasteiger partial charge in [-0.25, -0.2) is 0 Å². The van der Waals surface area contributed by atoms with Crippen LogP contribution in [0.3, 0.4) is 0 Å². The van der Waals surface area contributed by atoms with E-state index in [1.807, 2.05) is 0 Å². The predicted octanol–water partition coefficient (Wildman–Crippen LogP) is -2.38. The van der Waals surface area contributed by atoms with Crippen LogP contribution in [0.5, 0.6) is 0 Å². The van der Waals surface area contributed by atoms with Crippen molar-refractivity contribution in [2.45, 2.75) is 52.4 Å². The summed E-state index contributed by atoms with van der Waals surface area (Å²) in [5, 5.41) is 0. The Kier molecular flexibility index (Phi) is 30.6. The van der Waals surface area contributed by atoms with Gasteiger partial charge in [0.1, 0.15) is 0 Å². The van der Waals surface area contributed by atoms with E-state index in [1.165, 1.54) is 38.5 Å². The number of hydrogen-bond acceptors (Lipinski definition) is 1. The van der Waals surface area contributed by atoms with Crippen molar-refractivity contribution in [1.82, 2.24) is 0 Å². The monoisotopic (exact) mass is 206 g/mol. The average molecular weight is 206 g/mol. The van der Waals surface area contributed by atoms with Crippen molar-refractivity contribution in [3.05, 3.63) is 0 Å². The van der Waals surface area contributed by atoms with Gasteiger partial charge in [0, 0.05) is 13.2 Å². The number of unbranched alkanes of at least 4 members (excludes halogenated alkanes) is 4. The SMILES string of the molecule is CCCCCOCCCCC.[H-].[H-].[Na+].[Na+]. The second-order valence-electron chi connectivity index (χ2n) is 3.03. The molecule has 13 heavy (non-hydrogen) atoms. The Morgan fingerprint density at radius 3 is 1.46 bits per heavy atom. The van der Waals surface area contributed by atoms with Crippen molar-refractivity contribution < 1.29 is 66.7 Å². The summed E-state index contributed by atoms with van der Waals surface area (Å²) in [4.78, 5) is 0. The van der Waals surface area contributed by atoms with Crippen LogP contribution < -0.4 is 59.1 Å². The summed E-state index contributed by atoms with van der Waals surface area (Å²) >= 11 is 0. The maximum Gasteiger partial charge on any atom is 1.00 e. The molecule has 0 aromatic heterocycles. The molecule has 0 saturated carbocycles. The maximum atomic E-state index is 5.44. The van der Waals surface area contributed by atoms with E-state index in [4.69, 9.17) is 4.74 Å². The van der Waals surface area contributed by atoms with E-state index in [0.717, 1.165) is 13.2 Å². The summed E-state index contributed by atoms with van der Waals surface area (Å²) in [7, 11) is 0. The van der Waals surface area contributed by atoms with E-state index in [1.54, 1.807) is 0 Å². The van der Waals surface area contributed by atoms with E-state index in [0.29, 0.717) is 0 Å². The summed E-state index contributed by atoms with van der Waals surface area (Å²) in [5.74, 6) is 0. The first-order valence-corrected chi connectivity index (χ1v) is 4.99. The van der Waals surface area contributed by atoms with Crippen LogP contribution in [0.4, 0.5) is 0 Å². The molecule has 0 heterocycles. The third-order valence-corrected chi connectivity index (χ3v) is 1.78. The van der Waals surface area contributed by atoms with Crippen molar-refractivity contribution >= 4 is 0 Å². The summed E-state index contributed by atoms with van der Waals surface area (Å²) in [6.45, 7) is 6.38. The molecule has 0 saturated heterocycles. The zero-order chi connectivity index (χ0) is 8.36. The molecule has 0 N–H and O–H groups in total. The van der Waals surface area contributed by atoms with Gasteiger partial charge >= 0.3 is 59.1 Å². The fourth-order valence-electron chi connectivity index (χ4n) is 1.01. The molecule has 0 radical (unpaired) electrons. The maximum absolute atomic E-state index is 5.44. The fraction of sp³-hybridized carbons (Fsp3) is 1.00. The van der Waals surface area contributed by atoms with E-state index in [9.17, 15) is 0 Å². The third-order valence-electron chi connectivity index (χ3n) is 1.78. The minimum Gasteiger partial charge on any atom is -1.00 e. The average Bonchev–Trinajstić information content (AvgIpc) is 2.03. The Balaban J connectivity index is -0.0000000833. The predicted molar refractivity (Wildman–Crippen MR) is 52.1 cm³/mol. The van der Waals surface area contributed by atoms with Crippen LogP contribution in [0.2, 0.25) is 0 Å². The zero-order valence-electron chi connectivity index (χ0n) is 12.1. The minimum absolute atomic E-state index is 0. The molecule has 0 aliphatic carbocycles. The van der Waals surface area contributed by atoms with Gasteiger partial charge in [-0.15, -0.1) is 0 Å². The summed E-state index contributed by atoms with van der Waals surface area (Å²) < 4.78 is 5.44. The fourth-order valence-corrected chi connectivity index (χ4v) is 1.01. The Labute approximate surface area is 131 Å². The third kappa shape index (κ3) is 20.1. The van der Waals surface area contributed by atoms with Crippen LogP contribution in [-0.4, -0.2) is 13.2 Å². The van der Waals surface area contributed by atoms with Crippen molar-refractivity contribution in [2.75, 3.05) is 13.2 Å². The van der Waals surface area contributed by atoms with Gasteiger partial charge in [0.2, 0.25) is 0 Å². The van der Waals surface area contributed by atoms with Gasteiger partial charge in [0.05, 0.1) is 0 Å². The number of rotatable bonds is 8. The van der Waals surface area contributed by atoms with Gasteiger partial charge < -0.3 is 7.59 Å². The Hall–Kier alpha value is 1.96. The molecule has 3 heteroatoms. The van der Waals surface area contributed by atoms with Crippen molar-refractivity contribution in [1.29, 1.82) is 0 Å². The summed E-state index contributed by atoms with van der Waals surface area (Å²) in [5.41, 5.74) is 0. The quantitative estimate of drug-likeness (QED) is 0.318. The van der Waals surface area contributed by atoms with Crippen molar-refractivity contribution in [2.24, 2.45) is 0 Å². The standard InChI is InChI=1S/C10H22O.2Na.2H/c1-3-5-7-9-11-10-8-6-4-2;;;;/h3-10H2,1-2H3;;;;/q;2*+1;2*-1. The van der Waals surface area contributed by atoms with E-state index in [-0.39, 0.29) is 62.0 Å². The summed E-state index contributed by atoms with van der Waals surface area (Å²) in [6, 6.07) is 0. The molecule has 0 bridgehead atoms. The molecule has 1 nitrogen and oxygen atoms in total. The molecular weight excluding hydrogens is 182 g/mol. The summed E-state index contributed by atoms with van der Waals surface area (Å²) in [6.07, 6.45) is 7.68. The molecule has 0 rings (SSSR count). The van der Waals surface area contributed by atoms with Gasteiger partial charge in [0.15, 0.2) is 0 Å². The van der Waals surface area contributed by atoms with Crippen LogP contribution in [0.1, 0.15) is 55.2 Å².